The summed E-state index contributed by atoms with van der Waals surface area (Å²) in [4.78, 5) is 10.5. The molecule has 0 aromatic carbocycles. The van der Waals surface area contributed by atoms with Crippen molar-refractivity contribution in [1.29, 1.82) is 0 Å². The van der Waals surface area contributed by atoms with Gasteiger partial charge < -0.3 is 4.74 Å². The zero-order valence-electron chi connectivity index (χ0n) is 5.83. The number of hydrogen-bond acceptors (Lipinski definition) is 4. The first-order valence-corrected chi connectivity index (χ1v) is 6.87. The van der Waals surface area contributed by atoms with Gasteiger partial charge in [0.05, 0.1) is 27.8 Å². The Morgan fingerprint density at radius 3 is 2.55 bits per heavy atom. The fraction of sp³-hybridized carbons (Fsp3) is 0.750. The monoisotopic (exact) mass is 293 g/mol. The lowest BCUT2D eigenvalue weighted by molar-refractivity contribution is 0.153. The highest BCUT2D eigenvalue weighted by atomic mass is 127. The van der Waals surface area contributed by atoms with Crippen molar-refractivity contribution < 1.29 is 17.9 Å². The molecule has 0 rings (SSSR count). The minimum absolute atomic E-state index is 0.220. The summed E-state index contributed by atoms with van der Waals surface area (Å²) in [5.74, 6) is 0. The summed E-state index contributed by atoms with van der Waals surface area (Å²) in [5.41, 5.74) is 0. The predicted octanol–water partition coefficient (Wildman–Crippen LogP) is 0.802. The number of amides is 1. The van der Waals surface area contributed by atoms with Crippen LogP contribution in [-0.4, -0.2) is 21.1 Å². The van der Waals surface area contributed by atoms with Crippen LogP contribution in [0.2, 0.25) is 0 Å². The third-order valence-electron chi connectivity index (χ3n) is 0.643. The van der Waals surface area contributed by atoms with E-state index in [1.807, 2.05) is 6.92 Å². The summed E-state index contributed by atoms with van der Waals surface area (Å²) < 4.78 is 26.8. The Hall–Kier alpha value is -0.0500. The van der Waals surface area contributed by atoms with Gasteiger partial charge in [0.25, 0.3) is 7.19 Å². The molecule has 0 saturated heterocycles. The molecule has 0 spiro atoms. The quantitative estimate of drug-likeness (QED) is 0.617. The van der Waals surface area contributed by atoms with Crippen LogP contribution in [0.1, 0.15) is 13.3 Å². The van der Waals surface area contributed by atoms with Crippen LogP contribution < -0.4 is 4.72 Å². The highest BCUT2D eigenvalue weighted by Crippen LogP contribution is 1.95. The molecular formula is C4H8INO4S. The fourth-order valence-corrected chi connectivity index (χ4v) is 1.12. The van der Waals surface area contributed by atoms with E-state index in [4.69, 9.17) is 0 Å². The molecule has 66 valence electrons. The number of ether oxygens (including phenoxy) is 1. The van der Waals surface area contributed by atoms with Crippen LogP contribution in [0.25, 0.3) is 0 Å². The van der Waals surface area contributed by atoms with E-state index >= 15 is 0 Å². The minimum atomic E-state index is -3.51. The van der Waals surface area contributed by atoms with Crippen LogP contribution in [0.15, 0.2) is 0 Å². The Morgan fingerprint density at radius 1 is 1.64 bits per heavy atom. The fourth-order valence-electron chi connectivity index (χ4n) is 0.324. The maximum absolute atomic E-state index is 10.5. The molecule has 0 saturated carbocycles. The molecule has 0 unspecified atom stereocenters. The standard InChI is InChI=1S/C4H8INO4S/c1-2-3-10-4(7)6-11(5,8)9/h2-3H2,1H3,(H,6,7). The lowest BCUT2D eigenvalue weighted by Gasteiger charge is -2.01. The number of rotatable bonds is 3. The molecule has 0 atom stereocenters. The molecule has 0 heterocycles. The zero-order valence-corrected chi connectivity index (χ0v) is 8.81. The summed E-state index contributed by atoms with van der Waals surface area (Å²) in [7, 11) is -3.51. The van der Waals surface area contributed by atoms with Gasteiger partial charge in [-0.05, 0) is 6.42 Å². The number of hydrogen-bond donors (Lipinski definition) is 1. The third-order valence-corrected chi connectivity index (χ3v) is 1.71. The van der Waals surface area contributed by atoms with Crippen molar-refractivity contribution in [2.75, 3.05) is 6.61 Å². The van der Waals surface area contributed by atoms with E-state index in [0.29, 0.717) is 6.42 Å². The van der Waals surface area contributed by atoms with Crippen LogP contribution >= 0.6 is 21.2 Å². The van der Waals surface area contributed by atoms with Crippen molar-refractivity contribution >= 4 is 34.5 Å². The Kier molecular flexibility index (Phi) is 4.73. The van der Waals surface area contributed by atoms with Gasteiger partial charge in [0, 0.05) is 0 Å². The van der Waals surface area contributed by atoms with Gasteiger partial charge in [-0.3, -0.25) is 0 Å². The average molecular weight is 293 g/mol. The van der Waals surface area contributed by atoms with E-state index in [1.165, 1.54) is 0 Å². The van der Waals surface area contributed by atoms with Crippen LogP contribution in [0, 0.1) is 0 Å². The van der Waals surface area contributed by atoms with Crippen LogP contribution in [0.3, 0.4) is 0 Å². The predicted molar refractivity (Wildman–Crippen MR) is 47.7 cm³/mol. The van der Waals surface area contributed by atoms with Crippen molar-refractivity contribution in [3.05, 3.63) is 0 Å². The molecule has 1 amide bonds. The Balaban J connectivity index is 3.71. The van der Waals surface area contributed by atoms with Crippen molar-refractivity contribution in [2.24, 2.45) is 0 Å². The maximum Gasteiger partial charge on any atom is 0.421 e. The summed E-state index contributed by atoms with van der Waals surface area (Å²) in [6, 6.07) is 0. The SMILES string of the molecule is CCCOC(=O)NS(=O)(=O)I. The second kappa shape index (κ2) is 4.75. The van der Waals surface area contributed by atoms with Gasteiger partial charge in [-0.25, -0.2) is 9.52 Å². The largest absolute Gasteiger partial charge is 0.449 e. The van der Waals surface area contributed by atoms with Crippen molar-refractivity contribution in [3.63, 3.8) is 0 Å². The summed E-state index contributed by atoms with van der Waals surface area (Å²) in [5, 5.41) is 0. The third kappa shape index (κ3) is 7.85. The molecule has 5 nitrogen and oxygen atoms in total. The van der Waals surface area contributed by atoms with Crippen molar-refractivity contribution in [1.82, 2.24) is 4.72 Å². The van der Waals surface area contributed by atoms with Gasteiger partial charge in [0.1, 0.15) is 0 Å². The Labute approximate surface area is 77.1 Å². The number of halogens is 1. The summed E-state index contributed by atoms with van der Waals surface area (Å²) >= 11 is 1.10. The van der Waals surface area contributed by atoms with Crippen LogP contribution in [-0.2, 0) is 11.9 Å². The zero-order chi connectivity index (χ0) is 8.91. The second-order valence-corrected chi connectivity index (χ2v) is 6.23. The lowest BCUT2D eigenvalue weighted by atomic mass is 10.5. The van der Waals surface area contributed by atoms with Gasteiger partial charge in [-0.1, -0.05) is 6.92 Å². The molecule has 0 fully saturated rings. The normalized spacial score (nSPS) is 10.7. The van der Waals surface area contributed by atoms with Crippen molar-refractivity contribution in [3.8, 4) is 0 Å². The molecule has 0 aliphatic rings. The highest BCUT2D eigenvalue weighted by molar-refractivity contribution is 14.2. The van der Waals surface area contributed by atoms with E-state index in [2.05, 4.69) is 4.74 Å². The Morgan fingerprint density at radius 2 is 2.18 bits per heavy atom. The van der Waals surface area contributed by atoms with Gasteiger partial charge in [-0.2, -0.15) is 8.42 Å². The van der Waals surface area contributed by atoms with E-state index in [0.717, 1.165) is 21.2 Å². The topological polar surface area (TPSA) is 72.5 Å². The molecule has 0 aliphatic heterocycles. The van der Waals surface area contributed by atoms with E-state index in [9.17, 15) is 13.2 Å². The van der Waals surface area contributed by atoms with Gasteiger partial charge >= 0.3 is 6.09 Å². The first-order valence-electron chi connectivity index (χ1n) is 2.85. The first kappa shape index (κ1) is 11.0. The Bertz CT molecular complexity index is 224. The molecule has 1 N–H and O–H groups in total. The molecule has 0 aromatic heterocycles. The number of nitrogens with one attached hydrogen (secondary N) is 1. The van der Waals surface area contributed by atoms with Crippen LogP contribution in [0.5, 0.6) is 0 Å². The minimum Gasteiger partial charge on any atom is -0.449 e. The lowest BCUT2D eigenvalue weighted by Crippen LogP contribution is -2.27. The molecule has 0 aromatic rings. The van der Waals surface area contributed by atoms with E-state index < -0.39 is 13.3 Å². The van der Waals surface area contributed by atoms with Crippen LogP contribution in [0.4, 0.5) is 4.79 Å². The van der Waals surface area contributed by atoms with Gasteiger partial charge in [0.2, 0.25) is 0 Å². The summed E-state index contributed by atoms with van der Waals surface area (Å²) in [6.07, 6.45) is -0.268. The number of carbonyl (C=O) groups is 1. The maximum atomic E-state index is 10.5. The first-order chi connectivity index (χ1) is 4.95. The molecular weight excluding hydrogens is 285 g/mol. The number of carbonyl (C=O) groups excluding carboxylic acids is 1. The molecule has 0 aliphatic carbocycles. The van der Waals surface area contributed by atoms with Gasteiger partial charge in [-0.15, -0.1) is 0 Å². The van der Waals surface area contributed by atoms with Crippen molar-refractivity contribution in [2.45, 2.75) is 13.3 Å². The average Bonchev–Trinajstić information content (AvgIpc) is 1.79. The van der Waals surface area contributed by atoms with E-state index in [-0.39, 0.29) is 6.61 Å². The van der Waals surface area contributed by atoms with E-state index in [1.54, 1.807) is 4.72 Å². The molecule has 0 radical (unpaired) electrons. The molecule has 11 heavy (non-hydrogen) atoms. The second-order valence-electron chi connectivity index (χ2n) is 1.68. The molecule has 0 bridgehead atoms. The van der Waals surface area contributed by atoms with Gasteiger partial charge in [0.15, 0.2) is 0 Å². The smallest absolute Gasteiger partial charge is 0.421 e. The summed E-state index contributed by atoms with van der Waals surface area (Å²) in [6.45, 7) is 2.03. The highest BCUT2D eigenvalue weighted by Gasteiger charge is 2.09. The molecule has 7 heteroatoms.